The highest BCUT2D eigenvalue weighted by Crippen LogP contribution is 2.55. The number of rotatable bonds is 4. The Bertz CT molecular complexity index is 745. The van der Waals surface area contributed by atoms with E-state index in [4.69, 9.17) is 10.5 Å². The van der Waals surface area contributed by atoms with Crippen molar-refractivity contribution in [1.82, 2.24) is 5.32 Å². The Morgan fingerprint density at radius 2 is 2.04 bits per heavy atom. The molecule has 2 rings (SSSR count). The first-order chi connectivity index (χ1) is 10.9. The van der Waals surface area contributed by atoms with Gasteiger partial charge in [0.25, 0.3) is 0 Å². The van der Waals surface area contributed by atoms with Gasteiger partial charge in [-0.1, -0.05) is 12.1 Å². The molecule has 0 saturated heterocycles. The van der Waals surface area contributed by atoms with Crippen molar-refractivity contribution in [2.75, 3.05) is 12.8 Å². The van der Waals surface area contributed by atoms with E-state index in [1.165, 1.54) is 18.2 Å². The van der Waals surface area contributed by atoms with Crippen LogP contribution >= 0.6 is 0 Å². The van der Waals surface area contributed by atoms with Gasteiger partial charge in [-0.3, -0.25) is 0 Å². The van der Waals surface area contributed by atoms with Crippen LogP contribution in [-0.2, 0) is 14.6 Å². The lowest BCUT2D eigenvalue weighted by Crippen LogP contribution is -2.48. The van der Waals surface area contributed by atoms with E-state index in [0.29, 0.717) is 5.56 Å². The maximum Gasteiger partial charge on any atom is 0.408 e. The molecule has 0 radical (unpaired) electrons. The summed E-state index contributed by atoms with van der Waals surface area (Å²) in [7, 11) is -3.52. The van der Waals surface area contributed by atoms with Crippen molar-refractivity contribution in [3.63, 3.8) is 0 Å². The molecule has 0 spiro atoms. The minimum Gasteiger partial charge on any atom is -0.444 e. The summed E-state index contributed by atoms with van der Waals surface area (Å²) in [6.07, 6.45) is 0.332. The lowest BCUT2D eigenvalue weighted by atomic mass is 10.1. The highest BCUT2D eigenvalue weighted by molar-refractivity contribution is 7.91. The van der Waals surface area contributed by atoms with E-state index in [0.717, 1.165) is 6.26 Å². The minimum absolute atomic E-state index is 0.106. The Morgan fingerprint density at radius 3 is 2.50 bits per heavy atom. The van der Waals surface area contributed by atoms with E-state index in [1.807, 2.05) is 0 Å². The van der Waals surface area contributed by atoms with E-state index in [1.54, 1.807) is 26.8 Å². The van der Waals surface area contributed by atoms with Gasteiger partial charge in [-0.2, -0.15) is 0 Å². The van der Waals surface area contributed by atoms with E-state index in [-0.39, 0.29) is 6.54 Å². The summed E-state index contributed by atoms with van der Waals surface area (Å²) in [6.45, 7) is 5.00. The first kappa shape index (κ1) is 18.7. The molecule has 1 aliphatic rings. The van der Waals surface area contributed by atoms with Gasteiger partial charge in [-0.25, -0.2) is 17.6 Å². The van der Waals surface area contributed by atoms with Gasteiger partial charge in [0.05, 0.1) is 10.8 Å². The third-order valence-corrected chi connectivity index (χ3v) is 5.61. The van der Waals surface area contributed by atoms with E-state index >= 15 is 0 Å². The number of ether oxygens (including phenoxy) is 1. The molecule has 1 aromatic rings. The third kappa shape index (κ3) is 3.70. The number of nitrogens with two attached hydrogens (primary N) is 1. The molecule has 0 bridgehead atoms. The standard InChI is InChI=1S/C16H23FN2O4S/c1-15(2,3)23-14(20)19-16(9-18)12(13(16)24(4,21)22)10-6-5-7-11(17)8-10/h5-8,12-13H,9,18H2,1-4H3,(H,19,20). The predicted octanol–water partition coefficient (Wildman–Crippen LogP) is 1.56. The SMILES string of the molecule is CC(C)(C)OC(=O)NC1(CN)C(c2cccc(F)c2)C1S(C)(=O)=O. The van der Waals surface area contributed by atoms with Gasteiger partial charge in [0, 0.05) is 18.7 Å². The highest BCUT2D eigenvalue weighted by atomic mass is 32.2. The number of nitrogens with one attached hydrogen (secondary N) is 1. The number of halogens is 1. The molecule has 1 saturated carbocycles. The fourth-order valence-electron chi connectivity index (χ4n) is 3.14. The smallest absolute Gasteiger partial charge is 0.408 e. The Morgan fingerprint density at radius 1 is 1.42 bits per heavy atom. The Labute approximate surface area is 141 Å². The van der Waals surface area contributed by atoms with Gasteiger partial charge in [0.1, 0.15) is 11.4 Å². The molecular formula is C16H23FN2O4S. The molecule has 3 N–H and O–H groups in total. The molecule has 1 amide bonds. The second-order valence-corrected chi connectivity index (χ2v) is 9.32. The molecule has 134 valence electrons. The maximum atomic E-state index is 13.5. The minimum atomic E-state index is -3.52. The average Bonchev–Trinajstić information content (AvgIpc) is 3.05. The topological polar surface area (TPSA) is 98.5 Å². The molecule has 3 unspecified atom stereocenters. The maximum absolute atomic E-state index is 13.5. The number of benzene rings is 1. The summed E-state index contributed by atoms with van der Waals surface area (Å²) < 4.78 is 43.1. The lowest BCUT2D eigenvalue weighted by Gasteiger charge is -2.24. The van der Waals surface area contributed by atoms with E-state index < -0.39 is 44.1 Å². The number of amides is 1. The Hall–Kier alpha value is -1.67. The van der Waals surface area contributed by atoms with Crippen LogP contribution < -0.4 is 11.1 Å². The number of alkyl carbamates (subject to hydrolysis) is 1. The van der Waals surface area contributed by atoms with Crippen LogP contribution in [0.5, 0.6) is 0 Å². The second kappa shape index (κ2) is 6.00. The summed E-state index contributed by atoms with van der Waals surface area (Å²) >= 11 is 0. The molecule has 0 heterocycles. The van der Waals surface area contributed by atoms with Crippen LogP contribution in [0.2, 0.25) is 0 Å². The first-order valence-corrected chi connectivity index (χ1v) is 9.52. The van der Waals surface area contributed by atoms with Gasteiger partial charge in [-0.05, 0) is 38.5 Å². The van der Waals surface area contributed by atoms with Crippen LogP contribution in [0.15, 0.2) is 24.3 Å². The van der Waals surface area contributed by atoms with Crippen molar-refractivity contribution < 1.29 is 22.3 Å². The number of hydrogen-bond acceptors (Lipinski definition) is 5. The normalized spacial score (nSPS) is 26.8. The van der Waals surface area contributed by atoms with E-state index in [9.17, 15) is 17.6 Å². The Kier molecular flexibility index (Phi) is 4.67. The van der Waals surface area contributed by atoms with Crippen LogP contribution in [0.1, 0.15) is 32.3 Å². The molecule has 1 aromatic carbocycles. The number of hydrogen-bond donors (Lipinski definition) is 2. The van der Waals surface area contributed by atoms with Crippen molar-refractivity contribution >= 4 is 15.9 Å². The zero-order chi connectivity index (χ0) is 18.3. The summed E-state index contributed by atoms with van der Waals surface area (Å²) in [5.74, 6) is -1.10. The molecule has 6 nitrogen and oxygen atoms in total. The van der Waals surface area contributed by atoms with Crippen LogP contribution in [0, 0.1) is 5.82 Å². The zero-order valence-corrected chi connectivity index (χ0v) is 15.0. The molecule has 3 atom stereocenters. The lowest BCUT2D eigenvalue weighted by molar-refractivity contribution is 0.0497. The predicted molar refractivity (Wildman–Crippen MR) is 88.9 cm³/mol. The van der Waals surface area contributed by atoms with Crippen molar-refractivity contribution in [3.8, 4) is 0 Å². The fraction of sp³-hybridized carbons (Fsp3) is 0.562. The molecule has 1 fully saturated rings. The Balaban J connectivity index is 2.37. The average molecular weight is 358 g/mol. The number of sulfone groups is 1. The quantitative estimate of drug-likeness (QED) is 0.851. The summed E-state index contributed by atoms with van der Waals surface area (Å²) in [5, 5.41) is 1.68. The van der Waals surface area contributed by atoms with Crippen LogP contribution in [0.4, 0.5) is 9.18 Å². The van der Waals surface area contributed by atoms with E-state index in [2.05, 4.69) is 5.32 Å². The molecule has 24 heavy (non-hydrogen) atoms. The first-order valence-electron chi connectivity index (χ1n) is 7.56. The summed E-state index contributed by atoms with van der Waals surface area (Å²) in [6, 6.07) is 5.65. The van der Waals surface area contributed by atoms with Crippen LogP contribution in [0.3, 0.4) is 0 Å². The third-order valence-electron chi connectivity index (χ3n) is 4.00. The van der Waals surface area contributed by atoms with Crippen LogP contribution in [-0.4, -0.2) is 43.7 Å². The van der Waals surface area contributed by atoms with Gasteiger partial charge < -0.3 is 15.8 Å². The monoisotopic (exact) mass is 358 g/mol. The highest BCUT2D eigenvalue weighted by Gasteiger charge is 2.70. The van der Waals surface area contributed by atoms with Gasteiger partial charge in [-0.15, -0.1) is 0 Å². The molecule has 0 aliphatic heterocycles. The van der Waals surface area contributed by atoms with Gasteiger partial charge in [0.2, 0.25) is 0 Å². The molecule has 0 aromatic heterocycles. The zero-order valence-electron chi connectivity index (χ0n) is 14.2. The van der Waals surface area contributed by atoms with Crippen molar-refractivity contribution in [2.45, 2.75) is 43.1 Å². The largest absolute Gasteiger partial charge is 0.444 e. The molecule has 8 heteroatoms. The second-order valence-electron chi connectivity index (χ2n) is 7.15. The summed E-state index contributed by atoms with van der Waals surface area (Å²) in [4.78, 5) is 12.1. The van der Waals surface area contributed by atoms with Crippen molar-refractivity contribution in [1.29, 1.82) is 0 Å². The molecule has 1 aliphatic carbocycles. The van der Waals surface area contributed by atoms with Crippen molar-refractivity contribution in [3.05, 3.63) is 35.6 Å². The summed E-state index contributed by atoms with van der Waals surface area (Å²) in [5.41, 5.74) is 4.35. The number of carbonyl (C=O) groups excluding carboxylic acids is 1. The van der Waals surface area contributed by atoms with Gasteiger partial charge in [0.15, 0.2) is 9.84 Å². The molecular weight excluding hydrogens is 335 g/mol. The fourth-order valence-corrected chi connectivity index (χ4v) is 5.02. The van der Waals surface area contributed by atoms with Crippen molar-refractivity contribution in [2.24, 2.45) is 5.73 Å². The van der Waals surface area contributed by atoms with Crippen LogP contribution in [0.25, 0.3) is 0 Å². The number of carbonyl (C=O) groups is 1. The van der Waals surface area contributed by atoms with Gasteiger partial charge >= 0.3 is 6.09 Å².